The highest BCUT2D eigenvalue weighted by atomic mass is 79.9. The number of alkyl halides is 2. The summed E-state index contributed by atoms with van der Waals surface area (Å²) in [6, 6.07) is 9.35. The van der Waals surface area contributed by atoms with E-state index in [0.717, 1.165) is 5.75 Å². The summed E-state index contributed by atoms with van der Waals surface area (Å²) in [4.78, 5) is 0. The SMILES string of the molecule is FCCC(Br)Oc1ccccc1. The van der Waals surface area contributed by atoms with Crippen molar-refractivity contribution in [2.24, 2.45) is 0 Å². The van der Waals surface area contributed by atoms with E-state index in [1.54, 1.807) is 0 Å². The van der Waals surface area contributed by atoms with Crippen LogP contribution in [0, 0.1) is 0 Å². The summed E-state index contributed by atoms with van der Waals surface area (Å²) < 4.78 is 17.2. The Hall–Kier alpha value is -0.570. The smallest absolute Gasteiger partial charge is 0.155 e. The van der Waals surface area contributed by atoms with Crippen molar-refractivity contribution in [3.8, 4) is 5.75 Å². The predicted octanol–water partition coefficient (Wildman–Crippen LogP) is 3.15. The van der Waals surface area contributed by atoms with Gasteiger partial charge in [-0.1, -0.05) is 18.2 Å². The lowest BCUT2D eigenvalue weighted by atomic mass is 10.3. The van der Waals surface area contributed by atoms with E-state index in [9.17, 15) is 4.39 Å². The zero-order valence-electron chi connectivity index (χ0n) is 6.54. The molecule has 3 heteroatoms. The van der Waals surface area contributed by atoms with Crippen LogP contribution in [0.2, 0.25) is 0 Å². The Balaban J connectivity index is 2.41. The molecule has 0 fully saturated rings. The molecular formula is C9H10BrFO. The maximum absolute atomic E-state index is 11.8. The molecule has 0 aliphatic carbocycles. The number of ether oxygens (including phenoxy) is 1. The maximum Gasteiger partial charge on any atom is 0.155 e. The number of benzene rings is 1. The van der Waals surface area contributed by atoms with Crippen LogP contribution in [-0.4, -0.2) is 11.7 Å². The van der Waals surface area contributed by atoms with Crippen molar-refractivity contribution in [3.63, 3.8) is 0 Å². The van der Waals surface area contributed by atoms with Crippen LogP contribution in [0.25, 0.3) is 0 Å². The minimum absolute atomic E-state index is 0.232. The third kappa shape index (κ3) is 3.22. The molecule has 0 bridgehead atoms. The summed E-state index contributed by atoms with van der Waals surface area (Å²) >= 11 is 3.21. The van der Waals surface area contributed by atoms with Gasteiger partial charge >= 0.3 is 0 Å². The Morgan fingerprint density at radius 2 is 2.00 bits per heavy atom. The third-order valence-corrected chi connectivity index (χ3v) is 1.99. The summed E-state index contributed by atoms with van der Waals surface area (Å²) in [5.74, 6) is 0.757. The average Bonchev–Trinajstić information content (AvgIpc) is 2.06. The summed E-state index contributed by atoms with van der Waals surface area (Å²) in [5, 5.41) is -0.232. The number of halogens is 2. The third-order valence-electron chi connectivity index (χ3n) is 1.34. The lowest BCUT2D eigenvalue weighted by Crippen LogP contribution is -2.08. The van der Waals surface area contributed by atoms with Gasteiger partial charge in [-0.25, -0.2) is 0 Å². The maximum atomic E-state index is 11.8. The van der Waals surface area contributed by atoms with E-state index in [0.29, 0.717) is 6.42 Å². The first-order valence-electron chi connectivity index (χ1n) is 3.74. The Morgan fingerprint density at radius 3 is 2.58 bits per heavy atom. The molecule has 0 heterocycles. The Kier molecular flexibility index (Phi) is 4.08. The standard InChI is InChI=1S/C9H10BrFO/c10-9(6-7-11)12-8-4-2-1-3-5-8/h1-5,9H,6-7H2. The van der Waals surface area contributed by atoms with E-state index in [1.165, 1.54) is 0 Å². The summed E-state index contributed by atoms with van der Waals surface area (Å²) in [6.07, 6.45) is 0.370. The fourth-order valence-corrected chi connectivity index (χ4v) is 1.18. The monoisotopic (exact) mass is 232 g/mol. The molecule has 1 aromatic carbocycles. The molecule has 1 rings (SSSR count). The van der Waals surface area contributed by atoms with E-state index >= 15 is 0 Å². The Morgan fingerprint density at radius 1 is 1.33 bits per heavy atom. The average molecular weight is 233 g/mol. The molecule has 0 spiro atoms. The lowest BCUT2D eigenvalue weighted by Gasteiger charge is -2.10. The van der Waals surface area contributed by atoms with Gasteiger partial charge < -0.3 is 4.74 Å². The van der Waals surface area contributed by atoms with E-state index in [-0.39, 0.29) is 11.7 Å². The first kappa shape index (κ1) is 9.52. The van der Waals surface area contributed by atoms with Gasteiger partial charge in [0.1, 0.15) is 5.75 Å². The van der Waals surface area contributed by atoms with Crippen molar-refractivity contribution in [2.75, 3.05) is 6.67 Å². The van der Waals surface area contributed by atoms with Crippen LogP contribution in [0.4, 0.5) is 4.39 Å². The largest absolute Gasteiger partial charge is 0.479 e. The molecule has 1 unspecified atom stereocenters. The van der Waals surface area contributed by atoms with Crippen molar-refractivity contribution in [3.05, 3.63) is 30.3 Å². The molecule has 0 saturated carbocycles. The van der Waals surface area contributed by atoms with Gasteiger partial charge in [0.25, 0.3) is 0 Å². The van der Waals surface area contributed by atoms with Gasteiger partial charge in [0.2, 0.25) is 0 Å². The molecule has 1 aromatic rings. The fraction of sp³-hybridized carbons (Fsp3) is 0.333. The molecule has 12 heavy (non-hydrogen) atoms. The Labute approximate surface area is 79.7 Å². The highest BCUT2D eigenvalue weighted by Crippen LogP contribution is 2.15. The van der Waals surface area contributed by atoms with Crippen LogP contribution < -0.4 is 4.74 Å². The Bertz CT molecular complexity index is 215. The molecule has 66 valence electrons. The second-order valence-electron chi connectivity index (χ2n) is 2.32. The normalized spacial score (nSPS) is 12.5. The van der Waals surface area contributed by atoms with E-state index in [1.807, 2.05) is 30.3 Å². The molecule has 1 atom stereocenters. The van der Waals surface area contributed by atoms with Crippen molar-refractivity contribution >= 4 is 15.9 Å². The van der Waals surface area contributed by atoms with Crippen LogP contribution in [0.3, 0.4) is 0 Å². The highest BCUT2D eigenvalue weighted by Gasteiger charge is 2.03. The molecule has 1 nitrogen and oxygen atoms in total. The molecule has 0 amide bonds. The molecule has 0 aromatic heterocycles. The quantitative estimate of drug-likeness (QED) is 0.726. The highest BCUT2D eigenvalue weighted by molar-refractivity contribution is 9.09. The van der Waals surface area contributed by atoms with Gasteiger partial charge in [-0.15, -0.1) is 0 Å². The van der Waals surface area contributed by atoms with E-state index in [4.69, 9.17) is 4.74 Å². The number of rotatable bonds is 4. The number of hydrogen-bond acceptors (Lipinski definition) is 1. The molecule has 0 aliphatic rings. The second kappa shape index (κ2) is 5.14. The van der Waals surface area contributed by atoms with Gasteiger partial charge in [0, 0.05) is 6.42 Å². The van der Waals surface area contributed by atoms with Crippen LogP contribution in [0.5, 0.6) is 5.75 Å². The first-order valence-corrected chi connectivity index (χ1v) is 4.66. The summed E-state index contributed by atoms with van der Waals surface area (Å²) in [7, 11) is 0. The number of para-hydroxylation sites is 1. The molecule has 0 aliphatic heterocycles. The molecular weight excluding hydrogens is 223 g/mol. The number of hydrogen-bond donors (Lipinski definition) is 0. The zero-order chi connectivity index (χ0) is 8.81. The summed E-state index contributed by atoms with van der Waals surface area (Å²) in [5.41, 5.74) is 0. The van der Waals surface area contributed by atoms with Crippen molar-refractivity contribution in [2.45, 2.75) is 11.4 Å². The second-order valence-corrected chi connectivity index (χ2v) is 3.34. The predicted molar refractivity (Wildman–Crippen MR) is 50.4 cm³/mol. The van der Waals surface area contributed by atoms with Crippen molar-refractivity contribution < 1.29 is 9.13 Å². The van der Waals surface area contributed by atoms with Gasteiger partial charge in [-0.05, 0) is 28.1 Å². The lowest BCUT2D eigenvalue weighted by molar-refractivity contribution is 0.265. The van der Waals surface area contributed by atoms with E-state index in [2.05, 4.69) is 15.9 Å². The van der Waals surface area contributed by atoms with Crippen LogP contribution in [0.15, 0.2) is 30.3 Å². The molecule has 0 saturated heterocycles. The molecule has 0 radical (unpaired) electrons. The fourth-order valence-electron chi connectivity index (χ4n) is 0.791. The van der Waals surface area contributed by atoms with Crippen molar-refractivity contribution in [1.82, 2.24) is 0 Å². The van der Waals surface area contributed by atoms with E-state index < -0.39 is 0 Å². The minimum Gasteiger partial charge on any atom is -0.479 e. The first-order chi connectivity index (χ1) is 5.83. The zero-order valence-corrected chi connectivity index (χ0v) is 8.13. The van der Waals surface area contributed by atoms with Crippen molar-refractivity contribution in [1.29, 1.82) is 0 Å². The van der Waals surface area contributed by atoms with Gasteiger partial charge in [0.05, 0.1) is 6.67 Å². The van der Waals surface area contributed by atoms with Crippen LogP contribution >= 0.6 is 15.9 Å². The van der Waals surface area contributed by atoms with Gasteiger partial charge in [-0.2, -0.15) is 0 Å². The van der Waals surface area contributed by atoms with Crippen LogP contribution in [-0.2, 0) is 0 Å². The van der Waals surface area contributed by atoms with Gasteiger partial charge in [-0.3, -0.25) is 4.39 Å². The van der Waals surface area contributed by atoms with Crippen LogP contribution in [0.1, 0.15) is 6.42 Å². The topological polar surface area (TPSA) is 9.23 Å². The molecule has 0 N–H and O–H groups in total. The van der Waals surface area contributed by atoms with Gasteiger partial charge in [0.15, 0.2) is 5.01 Å². The minimum atomic E-state index is -0.372. The summed E-state index contributed by atoms with van der Waals surface area (Å²) in [6.45, 7) is -0.372.